The van der Waals surface area contributed by atoms with E-state index >= 15 is 0 Å². The first kappa shape index (κ1) is 70.8. The Hall–Kier alpha value is -4.19. The van der Waals surface area contributed by atoms with Crippen molar-refractivity contribution in [3.8, 4) is 0 Å². The summed E-state index contributed by atoms with van der Waals surface area (Å²) in [6.07, 6.45) is 86.3. The monoisotopic (exact) mass is 1040 g/mol. The van der Waals surface area contributed by atoms with Crippen molar-refractivity contribution in [2.75, 3.05) is 13.2 Å². The molecule has 0 fully saturated rings. The van der Waals surface area contributed by atoms with Gasteiger partial charge in [0.25, 0.3) is 0 Å². The average molecular weight is 1040 g/mol. The molecule has 0 spiro atoms. The molecular weight excluding hydrogens is 925 g/mol. The number of hydrogen-bond acceptors (Lipinski definition) is 6. The molecule has 0 aliphatic rings. The van der Waals surface area contributed by atoms with Gasteiger partial charge in [0.15, 0.2) is 6.10 Å². The number of unbranched alkanes of at least 4 members (excludes halogenated alkanes) is 24. The third kappa shape index (κ3) is 60.6. The van der Waals surface area contributed by atoms with E-state index in [9.17, 15) is 14.4 Å². The highest BCUT2D eigenvalue weighted by atomic mass is 16.6. The fourth-order valence-corrected chi connectivity index (χ4v) is 8.38. The highest BCUT2D eigenvalue weighted by Gasteiger charge is 2.19. The minimum absolute atomic E-state index is 0.0885. The number of esters is 3. The number of carbonyl (C=O) groups is 3. The van der Waals surface area contributed by atoms with Gasteiger partial charge in [0.05, 0.1) is 0 Å². The van der Waals surface area contributed by atoms with Crippen LogP contribution in [-0.4, -0.2) is 37.2 Å². The maximum absolute atomic E-state index is 12.9. The first-order valence-corrected chi connectivity index (χ1v) is 31.0. The zero-order chi connectivity index (χ0) is 54.3. The van der Waals surface area contributed by atoms with Crippen molar-refractivity contribution in [2.24, 2.45) is 0 Å². The van der Waals surface area contributed by atoms with Crippen molar-refractivity contribution in [2.45, 2.75) is 284 Å². The second kappa shape index (κ2) is 62.4. The molecule has 6 nitrogen and oxygen atoms in total. The van der Waals surface area contributed by atoms with Crippen LogP contribution in [0.3, 0.4) is 0 Å². The second-order valence-electron chi connectivity index (χ2n) is 20.2. The smallest absolute Gasteiger partial charge is 0.306 e. The third-order valence-electron chi connectivity index (χ3n) is 13.0. The number of allylic oxidation sites excluding steroid dienone is 20. The van der Waals surface area contributed by atoms with Gasteiger partial charge < -0.3 is 14.2 Å². The van der Waals surface area contributed by atoms with E-state index in [0.717, 1.165) is 148 Å². The van der Waals surface area contributed by atoms with Crippen LogP contribution in [0.25, 0.3) is 0 Å². The molecule has 426 valence electrons. The van der Waals surface area contributed by atoms with Gasteiger partial charge in [0.1, 0.15) is 13.2 Å². The van der Waals surface area contributed by atoms with Crippen molar-refractivity contribution >= 4 is 17.9 Å². The standard InChI is InChI=1S/C69H114O6/c1-4-7-10-13-16-19-22-25-27-28-29-30-31-32-33-34-35-36-37-38-39-40-42-44-47-50-53-56-59-62-68(71)74-65-66(64-73-67(70)61-58-55-52-49-46-43-24-21-18-15-12-9-6-3)75-69(72)63-60-57-54-51-48-45-41-26-23-20-17-14-11-8-5-2/h7-8,10-11,16-17,19-20,25-27,29-30,32-33,35-36,38-39,41,66H,4-6,9,12-15,18,21-24,28,31,34,37,40,42-65H2,1-3H3/b10-7-,11-8-,19-16-,20-17-,27-25-,30-29-,33-32-,36-35-,39-38-,41-26-. The Kier molecular flexibility index (Phi) is 58.9. The molecule has 0 aromatic heterocycles. The Morgan fingerprint density at radius 1 is 0.280 bits per heavy atom. The summed E-state index contributed by atoms with van der Waals surface area (Å²) in [7, 11) is 0. The van der Waals surface area contributed by atoms with E-state index in [2.05, 4.69) is 142 Å². The van der Waals surface area contributed by atoms with Crippen LogP contribution in [0.4, 0.5) is 0 Å². The van der Waals surface area contributed by atoms with Crippen molar-refractivity contribution < 1.29 is 28.6 Å². The Bertz CT molecular complexity index is 1570. The van der Waals surface area contributed by atoms with E-state index in [1.165, 1.54) is 89.9 Å². The molecule has 6 heteroatoms. The first-order chi connectivity index (χ1) is 37.0. The fourth-order valence-electron chi connectivity index (χ4n) is 8.38. The van der Waals surface area contributed by atoms with Crippen molar-refractivity contribution in [1.82, 2.24) is 0 Å². The summed E-state index contributed by atoms with van der Waals surface area (Å²) < 4.78 is 16.9. The molecule has 1 atom stereocenters. The molecule has 0 bridgehead atoms. The molecule has 0 aliphatic heterocycles. The van der Waals surface area contributed by atoms with E-state index in [-0.39, 0.29) is 31.1 Å². The number of ether oxygens (including phenoxy) is 3. The molecule has 0 aliphatic carbocycles. The average Bonchev–Trinajstić information content (AvgIpc) is 3.41. The number of rotatable bonds is 55. The highest BCUT2D eigenvalue weighted by Crippen LogP contribution is 2.15. The summed E-state index contributed by atoms with van der Waals surface area (Å²) in [4.78, 5) is 38.2. The lowest BCUT2D eigenvalue weighted by molar-refractivity contribution is -0.167. The third-order valence-corrected chi connectivity index (χ3v) is 13.0. The van der Waals surface area contributed by atoms with Crippen LogP contribution in [-0.2, 0) is 28.6 Å². The quantitative estimate of drug-likeness (QED) is 0.0261. The van der Waals surface area contributed by atoms with Gasteiger partial charge in [0, 0.05) is 19.3 Å². The summed E-state index contributed by atoms with van der Waals surface area (Å²) in [5.74, 6) is -0.914. The van der Waals surface area contributed by atoms with Crippen LogP contribution in [0.5, 0.6) is 0 Å². The lowest BCUT2D eigenvalue weighted by atomic mass is 10.0. The predicted molar refractivity (Wildman–Crippen MR) is 325 cm³/mol. The molecule has 75 heavy (non-hydrogen) atoms. The largest absolute Gasteiger partial charge is 0.462 e. The van der Waals surface area contributed by atoms with Gasteiger partial charge in [0.2, 0.25) is 0 Å². The summed E-state index contributed by atoms with van der Waals surface area (Å²) in [5, 5.41) is 0. The molecule has 0 rings (SSSR count). The Balaban J connectivity index is 4.33. The van der Waals surface area contributed by atoms with E-state index in [0.29, 0.717) is 19.3 Å². The van der Waals surface area contributed by atoms with Gasteiger partial charge >= 0.3 is 17.9 Å². The minimum Gasteiger partial charge on any atom is -0.462 e. The summed E-state index contributed by atoms with van der Waals surface area (Å²) in [6, 6.07) is 0. The predicted octanol–water partition coefficient (Wildman–Crippen LogP) is 21.2. The van der Waals surface area contributed by atoms with Crippen LogP contribution in [0.2, 0.25) is 0 Å². The lowest BCUT2D eigenvalue weighted by Gasteiger charge is -2.18. The summed E-state index contributed by atoms with van der Waals surface area (Å²) in [6.45, 7) is 6.40. The van der Waals surface area contributed by atoms with Crippen LogP contribution in [0.15, 0.2) is 122 Å². The summed E-state index contributed by atoms with van der Waals surface area (Å²) >= 11 is 0. The van der Waals surface area contributed by atoms with Crippen molar-refractivity contribution in [3.63, 3.8) is 0 Å². The maximum atomic E-state index is 12.9. The molecule has 0 heterocycles. The Morgan fingerprint density at radius 2 is 0.520 bits per heavy atom. The van der Waals surface area contributed by atoms with E-state index in [4.69, 9.17) is 14.2 Å². The highest BCUT2D eigenvalue weighted by molar-refractivity contribution is 5.71. The van der Waals surface area contributed by atoms with E-state index in [1.54, 1.807) is 0 Å². The zero-order valence-electron chi connectivity index (χ0n) is 48.8. The fraction of sp³-hybridized carbons (Fsp3) is 0.667. The first-order valence-electron chi connectivity index (χ1n) is 31.0. The molecule has 0 aromatic rings. The molecule has 0 saturated heterocycles. The summed E-state index contributed by atoms with van der Waals surface area (Å²) in [5.41, 5.74) is 0. The SMILES string of the molecule is CC/C=C\C/C=C\C/C=C\C/C=C\C/C=C\C/C=C\C/C=C\CCCCCCCCCC(=O)OCC(COC(=O)CCCCCCCCCCCCCCC)OC(=O)CCCCCCC/C=C\C/C=C\C/C=C\CC. The second-order valence-corrected chi connectivity index (χ2v) is 20.2. The van der Waals surface area contributed by atoms with Gasteiger partial charge in [-0.05, 0) is 109 Å². The van der Waals surface area contributed by atoms with Gasteiger partial charge in [-0.3, -0.25) is 14.4 Å². The van der Waals surface area contributed by atoms with Crippen LogP contribution in [0, 0.1) is 0 Å². The molecule has 0 saturated carbocycles. The number of carbonyl (C=O) groups excluding carboxylic acids is 3. The molecule has 0 amide bonds. The normalized spacial score (nSPS) is 12.9. The Labute approximate surface area is 462 Å². The van der Waals surface area contributed by atoms with Gasteiger partial charge in [-0.15, -0.1) is 0 Å². The zero-order valence-corrected chi connectivity index (χ0v) is 48.8. The van der Waals surface area contributed by atoms with Crippen molar-refractivity contribution in [3.05, 3.63) is 122 Å². The van der Waals surface area contributed by atoms with Crippen LogP contribution < -0.4 is 0 Å². The molecule has 0 N–H and O–H groups in total. The van der Waals surface area contributed by atoms with Crippen LogP contribution in [0.1, 0.15) is 278 Å². The van der Waals surface area contributed by atoms with Crippen LogP contribution >= 0.6 is 0 Å². The van der Waals surface area contributed by atoms with E-state index in [1.807, 2.05) is 0 Å². The molecule has 1 unspecified atom stereocenters. The van der Waals surface area contributed by atoms with Gasteiger partial charge in [-0.2, -0.15) is 0 Å². The molecule has 0 radical (unpaired) electrons. The molecule has 0 aromatic carbocycles. The Morgan fingerprint density at radius 3 is 0.813 bits per heavy atom. The lowest BCUT2D eigenvalue weighted by Crippen LogP contribution is -2.30. The van der Waals surface area contributed by atoms with Gasteiger partial charge in [-0.25, -0.2) is 0 Å². The minimum atomic E-state index is -0.794. The van der Waals surface area contributed by atoms with Gasteiger partial charge in [-0.1, -0.05) is 271 Å². The number of hydrogen-bond donors (Lipinski definition) is 0. The maximum Gasteiger partial charge on any atom is 0.306 e. The molecular formula is C69H114O6. The van der Waals surface area contributed by atoms with E-state index < -0.39 is 6.10 Å². The topological polar surface area (TPSA) is 78.9 Å². The van der Waals surface area contributed by atoms with Crippen molar-refractivity contribution in [1.29, 1.82) is 0 Å².